The minimum Gasteiger partial charge on any atom is -0.324 e. The third kappa shape index (κ3) is 2.98. The zero-order valence-corrected chi connectivity index (χ0v) is 11.0. The summed E-state index contributed by atoms with van der Waals surface area (Å²) in [5.74, 6) is 0.256. The summed E-state index contributed by atoms with van der Waals surface area (Å²) in [5, 5.41) is 8.98. The van der Waals surface area contributed by atoms with E-state index in [1.54, 1.807) is 33.0 Å². The van der Waals surface area contributed by atoms with Crippen LogP contribution >= 0.6 is 11.6 Å². The summed E-state index contributed by atoms with van der Waals surface area (Å²) >= 11 is 5.68. The summed E-state index contributed by atoms with van der Waals surface area (Å²) in [4.78, 5) is 13.5. The number of hydrogen-bond acceptors (Lipinski definition) is 2. The molecule has 0 aliphatic heterocycles. The van der Waals surface area contributed by atoms with Crippen LogP contribution in [0.5, 0.6) is 0 Å². The van der Waals surface area contributed by atoms with Gasteiger partial charge in [0.05, 0.1) is 6.07 Å². The topological polar surface area (TPSA) is 44.1 Å². The van der Waals surface area contributed by atoms with Gasteiger partial charge in [0, 0.05) is 18.5 Å². The highest BCUT2D eigenvalue weighted by Gasteiger charge is 2.27. The molecule has 0 atom stereocenters. The molecular formula is C13H15ClN2O. The van der Waals surface area contributed by atoms with Gasteiger partial charge in [0.2, 0.25) is 0 Å². The number of carbonyl (C=O) groups excluding carboxylic acids is 1. The normalized spacial score (nSPS) is 10.8. The summed E-state index contributed by atoms with van der Waals surface area (Å²) in [6.45, 7) is 3.41. The number of benzene rings is 1. The van der Waals surface area contributed by atoms with Crippen molar-refractivity contribution in [1.82, 2.24) is 4.90 Å². The fourth-order valence-corrected chi connectivity index (χ4v) is 1.44. The molecule has 0 saturated heterocycles. The van der Waals surface area contributed by atoms with Crippen LogP contribution in [0.25, 0.3) is 0 Å². The highest BCUT2D eigenvalue weighted by molar-refractivity contribution is 6.17. The molecule has 0 radical (unpaired) electrons. The van der Waals surface area contributed by atoms with E-state index in [1.165, 1.54) is 4.90 Å². The Bertz CT molecular complexity index is 445. The summed E-state index contributed by atoms with van der Waals surface area (Å²) in [6, 6.07) is 9.18. The van der Waals surface area contributed by atoms with E-state index in [1.807, 2.05) is 12.1 Å². The molecule has 0 spiro atoms. The van der Waals surface area contributed by atoms with E-state index in [4.69, 9.17) is 16.9 Å². The molecule has 0 heterocycles. The second kappa shape index (κ2) is 5.20. The Balaban J connectivity index is 2.94. The van der Waals surface area contributed by atoms with E-state index in [-0.39, 0.29) is 5.91 Å². The van der Waals surface area contributed by atoms with Crippen LogP contribution < -0.4 is 0 Å². The SMILES string of the molecule is CN(C(=O)c1ccc(CCl)cc1)C(C)(C)C#N. The largest absolute Gasteiger partial charge is 0.324 e. The molecule has 0 aliphatic carbocycles. The standard InChI is InChI=1S/C13H15ClN2O/c1-13(2,9-15)16(3)12(17)11-6-4-10(8-14)5-7-11/h4-7H,8H2,1-3H3. The van der Waals surface area contributed by atoms with Crippen molar-refractivity contribution in [3.05, 3.63) is 35.4 Å². The predicted octanol–water partition coefficient (Wildman–Crippen LogP) is 2.80. The lowest BCUT2D eigenvalue weighted by atomic mass is 10.0. The Labute approximate surface area is 107 Å². The van der Waals surface area contributed by atoms with Crippen LogP contribution in [0.1, 0.15) is 29.8 Å². The number of nitrogens with zero attached hydrogens (tertiary/aromatic N) is 2. The zero-order chi connectivity index (χ0) is 13.1. The summed E-state index contributed by atoms with van der Waals surface area (Å²) < 4.78 is 0. The molecule has 0 fully saturated rings. The van der Waals surface area contributed by atoms with Crippen LogP contribution in [0.2, 0.25) is 0 Å². The van der Waals surface area contributed by atoms with Crippen LogP contribution in [0.15, 0.2) is 24.3 Å². The van der Waals surface area contributed by atoms with Gasteiger partial charge in [-0.3, -0.25) is 4.79 Å². The van der Waals surface area contributed by atoms with E-state index < -0.39 is 5.54 Å². The molecule has 0 aromatic heterocycles. The van der Waals surface area contributed by atoms with Crippen LogP contribution in [0.4, 0.5) is 0 Å². The van der Waals surface area contributed by atoms with Crippen molar-refractivity contribution in [1.29, 1.82) is 5.26 Å². The predicted molar refractivity (Wildman–Crippen MR) is 67.8 cm³/mol. The molecular weight excluding hydrogens is 236 g/mol. The molecule has 1 aromatic carbocycles. The second-order valence-electron chi connectivity index (χ2n) is 4.37. The molecule has 3 nitrogen and oxygen atoms in total. The van der Waals surface area contributed by atoms with Gasteiger partial charge in [0.1, 0.15) is 5.54 Å². The number of halogens is 1. The van der Waals surface area contributed by atoms with Gasteiger partial charge in [-0.15, -0.1) is 11.6 Å². The molecule has 1 amide bonds. The number of alkyl halides is 1. The molecule has 4 heteroatoms. The summed E-state index contributed by atoms with van der Waals surface area (Å²) in [6.07, 6.45) is 0. The Hall–Kier alpha value is -1.53. The molecule has 1 rings (SSSR count). The first kappa shape index (κ1) is 13.5. The van der Waals surface area contributed by atoms with Crippen molar-refractivity contribution < 1.29 is 4.79 Å². The van der Waals surface area contributed by atoms with Gasteiger partial charge in [-0.1, -0.05) is 12.1 Å². The van der Waals surface area contributed by atoms with Crippen LogP contribution in [0.3, 0.4) is 0 Å². The van der Waals surface area contributed by atoms with Crippen molar-refractivity contribution in [3.8, 4) is 6.07 Å². The van der Waals surface area contributed by atoms with Gasteiger partial charge >= 0.3 is 0 Å². The first-order valence-corrected chi connectivity index (χ1v) is 5.80. The molecule has 0 aliphatic rings. The maximum atomic E-state index is 12.1. The number of carbonyl (C=O) groups is 1. The maximum Gasteiger partial charge on any atom is 0.254 e. The van der Waals surface area contributed by atoms with Gasteiger partial charge in [-0.25, -0.2) is 0 Å². The van der Waals surface area contributed by atoms with Gasteiger partial charge in [0.25, 0.3) is 5.91 Å². The fraction of sp³-hybridized carbons (Fsp3) is 0.385. The van der Waals surface area contributed by atoms with Crippen molar-refractivity contribution in [2.45, 2.75) is 25.3 Å². The second-order valence-corrected chi connectivity index (χ2v) is 4.63. The van der Waals surface area contributed by atoms with Crippen molar-refractivity contribution in [2.75, 3.05) is 7.05 Å². The van der Waals surface area contributed by atoms with Crippen LogP contribution in [-0.4, -0.2) is 23.4 Å². The Kier molecular flexibility index (Phi) is 4.14. The lowest BCUT2D eigenvalue weighted by Gasteiger charge is -2.29. The quantitative estimate of drug-likeness (QED) is 0.775. The molecule has 0 N–H and O–H groups in total. The van der Waals surface area contributed by atoms with Crippen molar-refractivity contribution in [3.63, 3.8) is 0 Å². The lowest BCUT2D eigenvalue weighted by molar-refractivity contribution is 0.0698. The van der Waals surface area contributed by atoms with Gasteiger partial charge in [0.15, 0.2) is 0 Å². The van der Waals surface area contributed by atoms with Crippen LogP contribution in [0, 0.1) is 11.3 Å². The van der Waals surface area contributed by atoms with E-state index in [0.29, 0.717) is 11.4 Å². The first-order valence-electron chi connectivity index (χ1n) is 5.26. The van der Waals surface area contributed by atoms with E-state index >= 15 is 0 Å². The number of amides is 1. The smallest absolute Gasteiger partial charge is 0.254 e. The number of rotatable bonds is 3. The molecule has 0 unspecified atom stereocenters. The van der Waals surface area contributed by atoms with E-state index in [2.05, 4.69) is 6.07 Å². The van der Waals surface area contributed by atoms with Gasteiger partial charge in [-0.2, -0.15) is 5.26 Å². The minimum atomic E-state index is -0.817. The van der Waals surface area contributed by atoms with Crippen molar-refractivity contribution in [2.24, 2.45) is 0 Å². The summed E-state index contributed by atoms with van der Waals surface area (Å²) in [5.41, 5.74) is 0.706. The Morgan fingerprint density at radius 1 is 1.41 bits per heavy atom. The highest BCUT2D eigenvalue weighted by Crippen LogP contribution is 2.15. The third-order valence-corrected chi connectivity index (χ3v) is 3.08. The zero-order valence-electron chi connectivity index (χ0n) is 10.2. The first-order chi connectivity index (χ1) is 7.92. The lowest BCUT2D eigenvalue weighted by Crippen LogP contribution is -2.43. The Morgan fingerprint density at radius 2 is 1.94 bits per heavy atom. The molecule has 1 aromatic rings. The molecule has 0 bridgehead atoms. The molecule has 0 saturated carbocycles. The average molecular weight is 251 g/mol. The number of nitriles is 1. The van der Waals surface area contributed by atoms with Gasteiger partial charge < -0.3 is 4.90 Å². The summed E-state index contributed by atoms with van der Waals surface area (Å²) in [7, 11) is 1.63. The Morgan fingerprint density at radius 3 is 2.35 bits per heavy atom. The van der Waals surface area contributed by atoms with E-state index in [9.17, 15) is 4.79 Å². The fourth-order valence-electron chi connectivity index (χ4n) is 1.26. The van der Waals surface area contributed by atoms with Gasteiger partial charge in [-0.05, 0) is 31.5 Å². The third-order valence-electron chi connectivity index (χ3n) is 2.77. The molecule has 90 valence electrons. The van der Waals surface area contributed by atoms with Crippen molar-refractivity contribution >= 4 is 17.5 Å². The van der Waals surface area contributed by atoms with Crippen LogP contribution in [-0.2, 0) is 5.88 Å². The van der Waals surface area contributed by atoms with E-state index in [0.717, 1.165) is 5.56 Å². The molecule has 17 heavy (non-hydrogen) atoms. The highest BCUT2D eigenvalue weighted by atomic mass is 35.5. The maximum absolute atomic E-state index is 12.1. The number of hydrogen-bond donors (Lipinski definition) is 0. The average Bonchev–Trinajstić information content (AvgIpc) is 2.37. The minimum absolute atomic E-state index is 0.169. The monoisotopic (exact) mass is 250 g/mol.